The van der Waals surface area contributed by atoms with Crippen LogP contribution in [0.4, 0.5) is 0 Å². The van der Waals surface area contributed by atoms with E-state index in [9.17, 15) is 0 Å². The van der Waals surface area contributed by atoms with Gasteiger partial charge in [0, 0.05) is 18.2 Å². The van der Waals surface area contributed by atoms with Crippen molar-refractivity contribution in [1.82, 2.24) is 19.9 Å². The summed E-state index contributed by atoms with van der Waals surface area (Å²) in [5.74, 6) is 1.81. The van der Waals surface area contributed by atoms with Crippen LogP contribution in [0, 0.1) is 0 Å². The number of fused-ring (bicyclic) bond motifs is 3. The van der Waals surface area contributed by atoms with Gasteiger partial charge in [-0.3, -0.25) is 4.98 Å². The number of aromatic amines is 2. The third-order valence-electron chi connectivity index (χ3n) is 3.72. The van der Waals surface area contributed by atoms with Gasteiger partial charge in [-0.2, -0.15) is 4.58 Å². The summed E-state index contributed by atoms with van der Waals surface area (Å²) < 4.78 is 5.77. The summed E-state index contributed by atoms with van der Waals surface area (Å²) in [7, 11) is 0. The number of hydrogen-bond donors (Lipinski definition) is 2. The molecule has 0 saturated heterocycles. The highest BCUT2D eigenvalue weighted by atomic mass is 15.1. The number of aromatic nitrogens is 6. The van der Waals surface area contributed by atoms with Gasteiger partial charge in [0.15, 0.2) is 6.20 Å². The standard InChI is InChI=1S/C7H5N2.2C6H5N3/c1-2-5-9-6-4-8-7(9)3-1;1-2-7-5-9-4-3-8-6(1)9;1-2-7-6-8-3-5-9(6)4-1/h2-6H;2*1-5H/q+1;;/p+2. The van der Waals surface area contributed by atoms with Crippen LogP contribution in [-0.2, 0) is 0 Å². The highest BCUT2D eigenvalue weighted by Crippen LogP contribution is 1.98. The van der Waals surface area contributed by atoms with Gasteiger partial charge in [0.25, 0.3) is 0 Å². The fourth-order valence-corrected chi connectivity index (χ4v) is 2.43. The summed E-state index contributed by atoms with van der Waals surface area (Å²) in [6.45, 7) is 0. The van der Waals surface area contributed by atoms with Crippen molar-refractivity contribution in [2.45, 2.75) is 0 Å². The lowest BCUT2D eigenvalue weighted by molar-refractivity contribution is -0.513. The summed E-state index contributed by atoms with van der Waals surface area (Å²) in [4.78, 5) is 18.0. The Hall–Kier alpha value is -4.16. The van der Waals surface area contributed by atoms with Gasteiger partial charge in [-0.15, -0.1) is 10.7 Å². The molecule has 0 bridgehead atoms. The molecule has 0 unspecified atom stereocenters. The number of hydrogen-bond acceptors (Lipinski definition) is 3. The second-order valence-electron chi connectivity index (χ2n) is 5.46. The monoisotopic (exact) mass is 357 g/mol. The third kappa shape index (κ3) is 3.92. The second kappa shape index (κ2) is 7.81. The summed E-state index contributed by atoms with van der Waals surface area (Å²) in [6, 6.07) is 3.81. The van der Waals surface area contributed by atoms with Gasteiger partial charge in [-0.25, -0.2) is 13.8 Å². The van der Waals surface area contributed by atoms with Gasteiger partial charge >= 0.3 is 11.6 Å². The Morgan fingerprint density at radius 1 is 1.00 bits per heavy atom. The predicted octanol–water partition coefficient (Wildman–Crippen LogP) is 0.975. The van der Waals surface area contributed by atoms with Crippen LogP contribution in [0.1, 0.15) is 0 Å². The van der Waals surface area contributed by atoms with E-state index in [0.717, 1.165) is 17.3 Å². The topological polar surface area (TPSA) is 80.9 Å². The van der Waals surface area contributed by atoms with E-state index < -0.39 is 0 Å². The number of rotatable bonds is 0. The summed E-state index contributed by atoms with van der Waals surface area (Å²) in [6.07, 6.45) is 24.1. The van der Waals surface area contributed by atoms with E-state index in [1.165, 1.54) is 0 Å². The molecule has 0 saturated carbocycles. The molecule has 0 radical (unpaired) electrons. The normalized spacial score (nSPS) is 13.3. The largest absolute Gasteiger partial charge is 0.400 e. The van der Waals surface area contributed by atoms with Crippen molar-refractivity contribution in [1.29, 1.82) is 0 Å². The predicted molar refractivity (Wildman–Crippen MR) is 99.0 cm³/mol. The molecule has 2 aliphatic heterocycles. The van der Waals surface area contributed by atoms with E-state index in [4.69, 9.17) is 0 Å². The molecule has 2 N–H and O–H groups in total. The second-order valence-corrected chi connectivity index (χ2v) is 5.46. The van der Waals surface area contributed by atoms with Crippen LogP contribution in [0.5, 0.6) is 0 Å². The molecule has 0 aliphatic carbocycles. The zero-order chi connectivity index (χ0) is 18.3. The minimum absolute atomic E-state index is 0.873. The van der Waals surface area contributed by atoms with Gasteiger partial charge in [-0.05, 0) is 4.99 Å². The minimum Gasteiger partial charge on any atom is -0.277 e. The quantitative estimate of drug-likeness (QED) is 0.363. The first-order valence-corrected chi connectivity index (χ1v) is 8.27. The molecule has 4 aromatic rings. The average molecular weight is 357 g/mol. The van der Waals surface area contributed by atoms with Crippen molar-refractivity contribution in [3.8, 4) is 0 Å². The fourth-order valence-electron chi connectivity index (χ4n) is 2.43. The SMILES string of the molecule is C1=CC=[N+]2C=CN=C2C=1.c1cc2[nH]cc[n+]2cn1.c1cnc2[nH]cc[n+]2c1. The summed E-state index contributed by atoms with van der Waals surface area (Å²) in [5.41, 5.74) is 4.00. The van der Waals surface area contributed by atoms with Gasteiger partial charge in [0.2, 0.25) is 12.0 Å². The van der Waals surface area contributed by atoms with Crippen LogP contribution in [-0.4, -0.2) is 36.6 Å². The molecule has 0 fully saturated rings. The molecule has 6 rings (SSSR count). The smallest absolute Gasteiger partial charge is 0.277 e. The van der Waals surface area contributed by atoms with Gasteiger partial charge in [0.1, 0.15) is 37.2 Å². The molecule has 2 aliphatic rings. The Morgan fingerprint density at radius 3 is 2.81 bits per heavy atom. The lowest BCUT2D eigenvalue weighted by Crippen LogP contribution is -2.17. The first kappa shape index (κ1) is 16.3. The number of nitrogens with zero attached hydrogens (tertiary/aromatic N) is 6. The van der Waals surface area contributed by atoms with E-state index >= 15 is 0 Å². The molecule has 130 valence electrons. The van der Waals surface area contributed by atoms with E-state index in [0.29, 0.717) is 0 Å². The van der Waals surface area contributed by atoms with Crippen LogP contribution < -0.4 is 8.80 Å². The van der Waals surface area contributed by atoms with Gasteiger partial charge < -0.3 is 0 Å². The molecule has 8 heteroatoms. The van der Waals surface area contributed by atoms with Crippen molar-refractivity contribution in [3.63, 3.8) is 0 Å². The number of aliphatic imine (C=N–C) groups is 1. The average Bonchev–Trinajstić information content (AvgIpc) is 3.48. The molecule has 27 heavy (non-hydrogen) atoms. The lowest BCUT2D eigenvalue weighted by Gasteiger charge is -1.89. The van der Waals surface area contributed by atoms with Crippen LogP contribution in [0.3, 0.4) is 0 Å². The molecular weight excluding hydrogens is 340 g/mol. The first-order valence-electron chi connectivity index (χ1n) is 8.27. The molecule has 8 nitrogen and oxygen atoms in total. The minimum atomic E-state index is 0.873. The number of amidine groups is 1. The zero-order valence-corrected chi connectivity index (χ0v) is 14.3. The van der Waals surface area contributed by atoms with E-state index in [1.54, 1.807) is 24.9 Å². The number of imidazole rings is 2. The third-order valence-corrected chi connectivity index (χ3v) is 3.72. The molecule has 6 heterocycles. The Bertz CT molecular complexity index is 1090. The highest BCUT2D eigenvalue weighted by molar-refractivity contribution is 5.93. The maximum absolute atomic E-state index is 4.05. The van der Waals surface area contributed by atoms with Crippen LogP contribution in [0.15, 0.2) is 97.1 Å². The van der Waals surface area contributed by atoms with Crippen LogP contribution in [0.2, 0.25) is 0 Å². The highest BCUT2D eigenvalue weighted by Gasteiger charge is 2.13. The maximum Gasteiger partial charge on any atom is 0.400 e. The number of H-pyrrole nitrogens is 2. The maximum atomic E-state index is 4.05. The zero-order valence-electron chi connectivity index (χ0n) is 14.3. The van der Waals surface area contributed by atoms with E-state index in [-0.39, 0.29) is 0 Å². The van der Waals surface area contributed by atoms with Crippen molar-refractivity contribution in [2.75, 3.05) is 0 Å². The Kier molecular flexibility index (Phi) is 4.72. The Balaban J connectivity index is 0.0000001000. The molecular formula is C19H17N8+3. The summed E-state index contributed by atoms with van der Waals surface area (Å²) in [5, 5.41) is 0. The molecule has 0 aromatic carbocycles. The van der Waals surface area contributed by atoms with Gasteiger partial charge in [-0.1, -0.05) is 4.98 Å². The molecule has 4 aromatic heterocycles. The fraction of sp³-hybridized carbons (Fsp3) is 0. The van der Waals surface area contributed by atoms with Crippen molar-refractivity contribution in [3.05, 3.63) is 92.1 Å². The van der Waals surface area contributed by atoms with Gasteiger partial charge in [0.05, 0.1) is 24.7 Å². The van der Waals surface area contributed by atoms with Crippen LogP contribution in [0.25, 0.3) is 11.4 Å². The summed E-state index contributed by atoms with van der Waals surface area (Å²) >= 11 is 0. The molecule has 0 spiro atoms. The molecule has 0 atom stereocenters. The van der Waals surface area contributed by atoms with E-state index in [2.05, 4.69) is 30.7 Å². The number of nitrogens with one attached hydrogen (secondary N) is 2. The van der Waals surface area contributed by atoms with Crippen LogP contribution >= 0.6 is 0 Å². The molecule has 0 amide bonds. The van der Waals surface area contributed by atoms with E-state index in [1.807, 2.05) is 81.1 Å². The van der Waals surface area contributed by atoms with Crippen molar-refractivity contribution in [2.24, 2.45) is 4.99 Å². The first-order chi connectivity index (χ1) is 13.4. The van der Waals surface area contributed by atoms with Crippen molar-refractivity contribution < 1.29 is 13.4 Å². The Labute approximate surface area is 154 Å². The van der Waals surface area contributed by atoms with Crippen molar-refractivity contribution >= 4 is 23.5 Å². The lowest BCUT2D eigenvalue weighted by atomic mass is 10.4. The Morgan fingerprint density at radius 2 is 1.93 bits per heavy atom.